The summed E-state index contributed by atoms with van der Waals surface area (Å²) in [5.74, 6) is 0. The molecule has 94 valence electrons. The molecule has 0 aromatic carbocycles. The minimum absolute atomic E-state index is 0.837. The lowest BCUT2D eigenvalue weighted by Crippen LogP contribution is -2.21. The van der Waals surface area contributed by atoms with E-state index >= 15 is 0 Å². The Bertz CT molecular complexity index is 389. The molecule has 3 nitrogen and oxygen atoms in total. The minimum atomic E-state index is 0.837. The van der Waals surface area contributed by atoms with Crippen LogP contribution in [0.2, 0.25) is 0 Å². The molecule has 2 rings (SSSR count). The summed E-state index contributed by atoms with van der Waals surface area (Å²) in [4.78, 5) is 13.4. The molecule has 0 saturated carbocycles. The van der Waals surface area contributed by atoms with Crippen LogP contribution >= 0.6 is 0 Å². The number of carbonyl (C=O) groups excluding carboxylic acids is 1. The molecule has 1 aromatic rings. The van der Waals surface area contributed by atoms with Crippen LogP contribution in [0.4, 0.5) is 0 Å². The van der Waals surface area contributed by atoms with Crippen LogP contribution in [0, 0.1) is 13.8 Å². The Balaban J connectivity index is 1.89. The minimum Gasteiger partial charge on any atom is -0.348 e. The largest absolute Gasteiger partial charge is 0.348 e. The zero-order chi connectivity index (χ0) is 12.3. The topological polar surface area (TPSA) is 25.2 Å². The van der Waals surface area contributed by atoms with Crippen molar-refractivity contribution >= 4 is 6.29 Å². The van der Waals surface area contributed by atoms with Crippen molar-refractivity contribution in [2.24, 2.45) is 0 Å². The van der Waals surface area contributed by atoms with Gasteiger partial charge in [-0.15, -0.1) is 0 Å². The van der Waals surface area contributed by atoms with E-state index in [4.69, 9.17) is 0 Å². The van der Waals surface area contributed by atoms with Crippen molar-refractivity contribution in [1.29, 1.82) is 0 Å². The maximum Gasteiger partial charge on any atom is 0.151 e. The van der Waals surface area contributed by atoms with Gasteiger partial charge in [-0.1, -0.05) is 0 Å². The first-order chi connectivity index (χ1) is 8.22. The molecule has 0 bridgehead atoms. The highest BCUT2D eigenvalue weighted by Gasteiger charge is 2.12. The quantitative estimate of drug-likeness (QED) is 0.731. The fourth-order valence-electron chi connectivity index (χ4n) is 2.75. The van der Waals surface area contributed by atoms with Gasteiger partial charge in [-0.3, -0.25) is 4.79 Å². The summed E-state index contributed by atoms with van der Waals surface area (Å²) < 4.78 is 2.26. The SMILES string of the molecule is Cc1cc(C=O)c(C)n1CCCN1CCCC1. The van der Waals surface area contributed by atoms with Crippen LogP contribution in [0.1, 0.15) is 41.0 Å². The molecule has 0 N–H and O–H groups in total. The van der Waals surface area contributed by atoms with Gasteiger partial charge in [0, 0.05) is 23.5 Å². The third-order valence-electron chi connectivity index (χ3n) is 3.79. The molecule has 0 radical (unpaired) electrons. The summed E-state index contributed by atoms with van der Waals surface area (Å²) in [6, 6.07) is 1.98. The molecule has 1 aliphatic heterocycles. The van der Waals surface area contributed by atoms with Crippen molar-refractivity contribution in [1.82, 2.24) is 9.47 Å². The van der Waals surface area contributed by atoms with E-state index in [0.29, 0.717) is 0 Å². The molecular weight excluding hydrogens is 212 g/mol. The van der Waals surface area contributed by atoms with Crippen LogP contribution in [-0.4, -0.2) is 35.4 Å². The number of carbonyl (C=O) groups is 1. The normalized spacial score (nSPS) is 16.6. The Hall–Kier alpha value is -1.09. The highest BCUT2D eigenvalue weighted by molar-refractivity contribution is 5.77. The van der Waals surface area contributed by atoms with Gasteiger partial charge in [0.2, 0.25) is 0 Å². The molecule has 0 aliphatic carbocycles. The Kier molecular flexibility index (Phi) is 4.00. The first kappa shape index (κ1) is 12.4. The van der Waals surface area contributed by atoms with Crippen LogP contribution in [0.3, 0.4) is 0 Å². The van der Waals surface area contributed by atoms with Gasteiger partial charge in [-0.05, 0) is 58.8 Å². The van der Waals surface area contributed by atoms with E-state index in [1.807, 2.05) is 13.0 Å². The molecular formula is C14H22N2O. The van der Waals surface area contributed by atoms with E-state index in [9.17, 15) is 4.79 Å². The Morgan fingerprint density at radius 3 is 2.53 bits per heavy atom. The molecule has 3 heteroatoms. The van der Waals surface area contributed by atoms with Crippen LogP contribution in [0.15, 0.2) is 6.07 Å². The highest BCUT2D eigenvalue weighted by Crippen LogP contribution is 2.14. The third-order valence-corrected chi connectivity index (χ3v) is 3.79. The van der Waals surface area contributed by atoms with Gasteiger partial charge in [-0.2, -0.15) is 0 Å². The zero-order valence-electron chi connectivity index (χ0n) is 10.9. The molecule has 0 unspecified atom stereocenters. The number of nitrogens with zero attached hydrogens (tertiary/aromatic N) is 2. The number of likely N-dealkylation sites (tertiary alicyclic amines) is 1. The molecule has 1 aliphatic rings. The van der Waals surface area contributed by atoms with Crippen molar-refractivity contribution in [3.05, 3.63) is 23.0 Å². The first-order valence-electron chi connectivity index (χ1n) is 6.56. The Morgan fingerprint density at radius 2 is 1.94 bits per heavy atom. The van der Waals surface area contributed by atoms with Crippen LogP contribution in [0.25, 0.3) is 0 Å². The first-order valence-corrected chi connectivity index (χ1v) is 6.56. The summed E-state index contributed by atoms with van der Waals surface area (Å²) in [6.07, 6.45) is 4.85. The van der Waals surface area contributed by atoms with Gasteiger partial charge in [-0.25, -0.2) is 0 Å². The number of hydrogen-bond donors (Lipinski definition) is 0. The molecule has 0 amide bonds. The molecule has 1 fully saturated rings. The van der Waals surface area contributed by atoms with E-state index in [1.54, 1.807) is 0 Å². The summed E-state index contributed by atoms with van der Waals surface area (Å²) in [5.41, 5.74) is 3.15. The summed E-state index contributed by atoms with van der Waals surface area (Å²) in [5, 5.41) is 0. The fraction of sp³-hybridized carbons (Fsp3) is 0.643. The molecule has 17 heavy (non-hydrogen) atoms. The van der Waals surface area contributed by atoms with Crippen molar-refractivity contribution in [3.8, 4) is 0 Å². The summed E-state index contributed by atoms with van der Waals surface area (Å²) in [7, 11) is 0. The van der Waals surface area contributed by atoms with Gasteiger partial charge < -0.3 is 9.47 Å². The second kappa shape index (κ2) is 5.50. The Labute approximate surface area is 103 Å². The van der Waals surface area contributed by atoms with E-state index in [1.165, 1.54) is 44.6 Å². The number of aromatic nitrogens is 1. The van der Waals surface area contributed by atoms with Gasteiger partial charge in [0.25, 0.3) is 0 Å². The molecule has 1 saturated heterocycles. The van der Waals surface area contributed by atoms with E-state index in [2.05, 4.69) is 16.4 Å². The van der Waals surface area contributed by atoms with Gasteiger partial charge in [0.15, 0.2) is 6.29 Å². The lowest BCUT2D eigenvalue weighted by molar-refractivity contribution is 0.112. The molecule has 0 spiro atoms. The van der Waals surface area contributed by atoms with Crippen LogP contribution in [0.5, 0.6) is 0 Å². The zero-order valence-corrected chi connectivity index (χ0v) is 10.9. The molecule has 2 heterocycles. The monoisotopic (exact) mass is 234 g/mol. The van der Waals surface area contributed by atoms with Crippen LogP contribution in [-0.2, 0) is 6.54 Å². The number of rotatable bonds is 5. The fourth-order valence-corrected chi connectivity index (χ4v) is 2.75. The van der Waals surface area contributed by atoms with Gasteiger partial charge in [0.1, 0.15) is 0 Å². The second-order valence-corrected chi connectivity index (χ2v) is 5.00. The molecule has 0 atom stereocenters. The summed E-state index contributed by atoms with van der Waals surface area (Å²) in [6.45, 7) is 8.87. The van der Waals surface area contributed by atoms with Crippen molar-refractivity contribution in [3.63, 3.8) is 0 Å². The van der Waals surface area contributed by atoms with Crippen LogP contribution < -0.4 is 0 Å². The smallest absolute Gasteiger partial charge is 0.151 e. The van der Waals surface area contributed by atoms with E-state index in [-0.39, 0.29) is 0 Å². The van der Waals surface area contributed by atoms with E-state index in [0.717, 1.165) is 24.1 Å². The number of hydrogen-bond acceptors (Lipinski definition) is 2. The Morgan fingerprint density at radius 1 is 1.24 bits per heavy atom. The average Bonchev–Trinajstić information content (AvgIpc) is 2.91. The van der Waals surface area contributed by atoms with E-state index < -0.39 is 0 Å². The van der Waals surface area contributed by atoms with Gasteiger partial charge >= 0.3 is 0 Å². The average molecular weight is 234 g/mol. The second-order valence-electron chi connectivity index (χ2n) is 5.00. The van der Waals surface area contributed by atoms with Crippen molar-refractivity contribution < 1.29 is 4.79 Å². The maximum absolute atomic E-state index is 10.9. The van der Waals surface area contributed by atoms with Crippen molar-refractivity contribution in [2.45, 2.75) is 39.7 Å². The number of aryl methyl sites for hydroxylation is 1. The predicted molar refractivity (Wildman–Crippen MR) is 69.6 cm³/mol. The maximum atomic E-state index is 10.9. The third kappa shape index (κ3) is 2.78. The summed E-state index contributed by atoms with van der Waals surface area (Å²) >= 11 is 0. The lowest BCUT2D eigenvalue weighted by Gasteiger charge is -2.15. The highest BCUT2D eigenvalue weighted by atomic mass is 16.1. The predicted octanol–water partition coefficient (Wildman–Crippen LogP) is 2.40. The number of aldehydes is 1. The lowest BCUT2D eigenvalue weighted by atomic mass is 10.3. The van der Waals surface area contributed by atoms with Gasteiger partial charge in [0.05, 0.1) is 0 Å². The van der Waals surface area contributed by atoms with Crippen molar-refractivity contribution in [2.75, 3.05) is 19.6 Å². The molecule has 1 aromatic heterocycles. The standard InChI is InChI=1S/C14H22N2O/c1-12-10-14(11-17)13(2)16(12)9-5-8-15-6-3-4-7-15/h10-11H,3-9H2,1-2H3.